The first-order chi connectivity index (χ1) is 8.25. The highest BCUT2D eigenvalue weighted by molar-refractivity contribution is 7.80. The maximum Gasteiger partial charge on any atom is 0.172 e. The highest BCUT2D eigenvalue weighted by atomic mass is 32.1. The number of nitrogens with zero attached hydrogens (tertiary/aromatic N) is 2. The molecule has 0 unspecified atom stereocenters. The first-order valence-corrected chi connectivity index (χ1v) is 5.73. The van der Waals surface area contributed by atoms with Crippen LogP contribution in [-0.4, -0.2) is 14.9 Å². The van der Waals surface area contributed by atoms with Crippen molar-refractivity contribution in [2.75, 3.05) is 5.32 Å². The summed E-state index contributed by atoms with van der Waals surface area (Å²) in [5.41, 5.74) is 1.20. The molecular weight excluding hydrogens is 232 g/mol. The summed E-state index contributed by atoms with van der Waals surface area (Å²) in [5, 5.41) is 10.9. The third kappa shape index (κ3) is 3.29. The number of hydrogen-bond acceptors (Lipinski definition) is 2. The van der Waals surface area contributed by atoms with Gasteiger partial charge in [0.1, 0.15) is 5.82 Å². The molecule has 0 saturated heterocycles. The molecule has 0 radical (unpaired) electrons. The Labute approximate surface area is 106 Å². The van der Waals surface area contributed by atoms with Crippen LogP contribution >= 0.6 is 12.2 Å². The van der Waals surface area contributed by atoms with Gasteiger partial charge in [-0.15, -0.1) is 0 Å². The third-order valence-corrected chi connectivity index (χ3v) is 2.60. The summed E-state index contributed by atoms with van der Waals surface area (Å²) in [6, 6.07) is 12.0. The number of nitrogens with one attached hydrogen (secondary N) is 2. The molecule has 0 atom stereocenters. The number of aromatic nitrogens is 2. The van der Waals surface area contributed by atoms with Gasteiger partial charge < -0.3 is 10.6 Å². The largest absolute Gasteiger partial charge is 0.358 e. The molecule has 0 saturated carbocycles. The molecule has 4 nitrogen and oxygen atoms in total. The van der Waals surface area contributed by atoms with Gasteiger partial charge in [0.15, 0.2) is 5.11 Å². The molecule has 1 aromatic heterocycles. The number of aryl methyl sites for hydroxylation is 1. The minimum Gasteiger partial charge on any atom is -0.358 e. The van der Waals surface area contributed by atoms with Crippen LogP contribution in [-0.2, 0) is 13.6 Å². The van der Waals surface area contributed by atoms with Crippen molar-refractivity contribution < 1.29 is 0 Å². The number of benzene rings is 1. The van der Waals surface area contributed by atoms with Gasteiger partial charge in [-0.25, -0.2) is 0 Å². The lowest BCUT2D eigenvalue weighted by molar-refractivity contribution is 0.776. The molecule has 0 bridgehead atoms. The summed E-state index contributed by atoms with van der Waals surface area (Å²) in [6.45, 7) is 0.713. The van der Waals surface area contributed by atoms with Crippen LogP contribution in [0.2, 0.25) is 0 Å². The van der Waals surface area contributed by atoms with Crippen LogP contribution < -0.4 is 10.6 Å². The van der Waals surface area contributed by atoms with Crippen LogP contribution in [0.5, 0.6) is 0 Å². The van der Waals surface area contributed by atoms with E-state index in [2.05, 4.69) is 27.9 Å². The summed E-state index contributed by atoms with van der Waals surface area (Å²) >= 11 is 5.20. The Morgan fingerprint density at radius 2 is 2.06 bits per heavy atom. The van der Waals surface area contributed by atoms with Crippen molar-refractivity contribution in [3.05, 3.63) is 48.2 Å². The molecule has 1 aromatic carbocycles. The standard InChI is InChI=1S/C12H14N4S/c1-16-11(7-8-14-16)15-12(17)13-9-10-5-3-2-4-6-10/h2-8H,9H2,1H3,(H2,13,15,17). The molecule has 88 valence electrons. The average Bonchev–Trinajstić information content (AvgIpc) is 2.74. The highest BCUT2D eigenvalue weighted by Gasteiger charge is 2.00. The smallest absolute Gasteiger partial charge is 0.172 e. The van der Waals surface area contributed by atoms with E-state index in [0.29, 0.717) is 11.7 Å². The zero-order chi connectivity index (χ0) is 12.1. The SMILES string of the molecule is Cn1nccc1NC(=S)NCc1ccccc1. The highest BCUT2D eigenvalue weighted by Crippen LogP contribution is 2.03. The van der Waals surface area contributed by atoms with Crippen molar-refractivity contribution in [2.24, 2.45) is 7.05 Å². The molecule has 2 aromatic rings. The van der Waals surface area contributed by atoms with Gasteiger partial charge in [-0.2, -0.15) is 5.10 Å². The molecule has 2 rings (SSSR count). The second kappa shape index (κ2) is 5.45. The lowest BCUT2D eigenvalue weighted by Crippen LogP contribution is -2.28. The Balaban J connectivity index is 1.85. The van der Waals surface area contributed by atoms with Gasteiger partial charge >= 0.3 is 0 Å². The zero-order valence-electron chi connectivity index (χ0n) is 9.55. The minimum absolute atomic E-state index is 0.595. The van der Waals surface area contributed by atoms with E-state index in [1.165, 1.54) is 5.56 Å². The summed E-state index contributed by atoms with van der Waals surface area (Å²) in [4.78, 5) is 0. The molecular formula is C12H14N4S. The van der Waals surface area contributed by atoms with E-state index >= 15 is 0 Å². The fourth-order valence-corrected chi connectivity index (χ4v) is 1.61. The van der Waals surface area contributed by atoms with E-state index in [0.717, 1.165) is 5.82 Å². The Kier molecular flexibility index (Phi) is 3.72. The molecule has 0 aliphatic rings. The molecule has 1 heterocycles. The Morgan fingerprint density at radius 1 is 1.29 bits per heavy atom. The molecule has 0 amide bonds. The van der Waals surface area contributed by atoms with Crippen LogP contribution in [0.4, 0.5) is 5.82 Å². The van der Waals surface area contributed by atoms with Gasteiger partial charge in [0.05, 0.1) is 6.20 Å². The fourth-order valence-electron chi connectivity index (χ4n) is 1.44. The van der Waals surface area contributed by atoms with Gasteiger partial charge in [-0.05, 0) is 17.8 Å². The van der Waals surface area contributed by atoms with Crippen LogP contribution in [0.25, 0.3) is 0 Å². The fraction of sp³-hybridized carbons (Fsp3) is 0.167. The van der Waals surface area contributed by atoms with Gasteiger partial charge in [-0.3, -0.25) is 4.68 Å². The van der Waals surface area contributed by atoms with Crippen molar-refractivity contribution in [1.82, 2.24) is 15.1 Å². The lowest BCUT2D eigenvalue weighted by Gasteiger charge is -2.10. The monoisotopic (exact) mass is 246 g/mol. The lowest BCUT2D eigenvalue weighted by atomic mass is 10.2. The normalized spacial score (nSPS) is 9.94. The average molecular weight is 246 g/mol. The third-order valence-electron chi connectivity index (χ3n) is 2.36. The Morgan fingerprint density at radius 3 is 2.71 bits per heavy atom. The number of hydrogen-bond donors (Lipinski definition) is 2. The quantitative estimate of drug-likeness (QED) is 0.812. The molecule has 0 spiro atoms. The summed E-state index contributed by atoms with van der Waals surface area (Å²) in [7, 11) is 1.86. The van der Waals surface area contributed by atoms with Gasteiger partial charge in [0, 0.05) is 19.7 Å². The molecule has 17 heavy (non-hydrogen) atoms. The second-order valence-electron chi connectivity index (χ2n) is 3.63. The van der Waals surface area contributed by atoms with E-state index in [9.17, 15) is 0 Å². The van der Waals surface area contributed by atoms with Gasteiger partial charge in [-0.1, -0.05) is 30.3 Å². The van der Waals surface area contributed by atoms with E-state index in [-0.39, 0.29) is 0 Å². The van der Waals surface area contributed by atoms with E-state index in [4.69, 9.17) is 12.2 Å². The van der Waals surface area contributed by atoms with Crippen molar-refractivity contribution in [3.63, 3.8) is 0 Å². The van der Waals surface area contributed by atoms with Crippen molar-refractivity contribution in [1.29, 1.82) is 0 Å². The molecule has 5 heteroatoms. The van der Waals surface area contributed by atoms with Gasteiger partial charge in [0.2, 0.25) is 0 Å². The molecule has 0 aliphatic carbocycles. The molecule has 2 N–H and O–H groups in total. The predicted molar refractivity (Wildman–Crippen MR) is 72.7 cm³/mol. The Bertz CT molecular complexity index is 492. The topological polar surface area (TPSA) is 41.9 Å². The first-order valence-electron chi connectivity index (χ1n) is 5.32. The number of rotatable bonds is 3. The maximum absolute atomic E-state index is 5.20. The van der Waals surface area contributed by atoms with Gasteiger partial charge in [0.25, 0.3) is 0 Å². The van der Waals surface area contributed by atoms with Crippen molar-refractivity contribution in [3.8, 4) is 0 Å². The molecule has 0 fully saturated rings. The van der Waals surface area contributed by atoms with Crippen LogP contribution in [0.15, 0.2) is 42.6 Å². The molecule has 0 aliphatic heterocycles. The maximum atomic E-state index is 5.20. The predicted octanol–water partition coefficient (Wildman–Crippen LogP) is 1.91. The summed E-state index contributed by atoms with van der Waals surface area (Å²) < 4.78 is 1.73. The van der Waals surface area contributed by atoms with Crippen LogP contribution in [0, 0.1) is 0 Å². The van der Waals surface area contributed by atoms with E-state index in [1.807, 2.05) is 31.3 Å². The first kappa shape index (κ1) is 11.6. The van der Waals surface area contributed by atoms with E-state index < -0.39 is 0 Å². The van der Waals surface area contributed by atoms with Crippen molar-refractivity contribution in [2.45, 2.75) is 6.54 Å². The summed E-state index contributed by atoms with van der Waals surface area (Å²) in [5.74, 6) is 0.871. The van der Waals surface area contributed by atoms with Crippen molar-refractivity contribution >= 4 is 23.1 Å². The number of anilines is 1. The zero-order valence-corrected chi connectivity index (χ0v) is 10.4. The number of thiocarbonyl (C=S) groups is 1. The van der Waals surface area contributed by atoms with E-state index in [1.54, 1.807) is 10.9 Å². The Hall–Kier alpha value is -1.88. The van der Waals surface area contributed by atoms with Crippen LogP contribution in [0.1, 0.15) is 5.56 Å². The second-order valence-corrected chi connectivity index (χ2v) is 4.04. The van der Waals surface area contributed by atoms with Crippen LogP contribution in [0.3, 0.4) is 0 Å². The minimum atomic E-state index is 0.595. The summed E-state index contributed by atoms with van der Waals surface area (Å²) in [6.07, 6.45) is 1.72.